The van der Waals surface area contributed by atoms with Crippen LogP contribution in [-0.2, 0) is 0 Å². The van der Waals surface area contributed by atoms with Gasteiger partial charge in [0.2, 0.25) is 0 Å². The zero-order valence-corrected chi connectivity index (χ0v) is 11.9. The highest BCUT2D eigenvalue weighted by Crippen LogP contribution is 2.20. The number of benzene rings is 1. The van der Waals surface area contributed by atoms with Gasteiger partial charge in [0.1, 0.15) is 5.69 Å². The van der Waals surface area contributed by atoms with E-state index < -0.39 is 11.9 Å². The van der Waals surface area contributed by atoms with E-state index in [2.05, 4.69) is 21.2 Å². The van der Waals surface area contributed by atoms with Gasteiger partial charge in [0.15, 0.2) is 5.58 Å². The van der Waals surface area contributed by atoms with Crippen LogP contribution >= 0.6 is 11.6 Å². The average molecular weight is 319 g/mol. The first-order chi connectivity index (χ1) is 10.6. The van der Waals surface area contributed by atoms with Gasteiger partial charge in [0, 0.05) is 12.1 Å². The first-order valence-electron chi connectivity index (χ1n) is 6.31. The summed E-state index contributed by atoms with van der Waals surface area (Å²) >= 11 is 5.91. The minimum absolute atomic E-state index is 0.271. The number of amides is 3. The number of halogens is 1. The van der Waals surface area contributed by atoms with Gasteiger partial charge in [-0.1, -0.05) is 23.7 Å². The van der Waals surface area contributed by atoms with Crippen LogP contribution in [-0.4, -0.2) is 16.9 Å². The maximum absolute atomic E-state index is 11.9. The Bertz CT molecular complexity index is 811. The predicted octanol–water partition coefficient (Wildman–Crippen LogP) is 2.88. The molecule has 0 radical (unpaired) electrons. The van der Waals surface area contributed by atoms with E-state index in [1.807, 2.05) is 0 Å². The molecule has 8 heteroatoms. The zero-order valence-electron chi connectivity index (χ0n) is 11.1. The standard InChI is InChI=1S/C14H11ClN4O3/c15-8-3-1-2-4-9(8)17-14(21)19-18-13(20)11-7-12-10(16-11)5-6-22-12/h1-7,16H,(H,18,20)(H2,17,19,21). The highest BCUT2D eigenvalue weighted by Gasteiger charge is 2.12. The van der Waals surface area contributed by atoms with Gasteiger partial charge in [-0.15, -0.1) is 0 Å². The van der Waals surface area contributed by atoms with Gasteiger partial charge >= 0.3 is 6.03 Å². The monoisotopic (exact) mass is 318 g/mol. The van der Waals surface area contributed by atoms with Crippen molar-refractivity contribution in [3.8, 4) is 0 Å². The number of rotatable bonds is 2. The topological polar surface area (TPSA) is 99.2 Å². The fraction of sp³-hybridized carbons (Fsp3) is 0. The van der Waals surface area contributed by atoms with Gasteiger partial charge in [0.05, 0.1) is 22.5 Å². The molecular formula is C14H11ClN4O3. The number of aromatic amines is 1. The van der Waals surface area contributed by atoms with Crippen LogP contribution in [0.2, 0.25) is 5.02 Å². The number of carbonyl (C=O) groups excluding carboxylic acids is 2. The molecular weight excluding hydrogens is 308 g/mol. The molecule has 0 aliphatic carbocycles. The number of hydrogen-bond donors (Lipinski definition) is 4. The van der Waals surface area contributed by atoms with Crippen LogP contribution in [0.15, 0.2) is 47.1 Å². The van der Waals surface area contributed by atoms with Crippen molar-refractivity contribution < 1.29 is 14.0 Å². The number of furan rings is 1. The molecule has 112 valence electrons. The fourth-order valence-electron chi connectivity index (χ4n) is 1.87. The maximum atomic E-state index is 11.9. The summed E-state index contributed by atoms with van der Waals surface area (Å²) < 4.78 is 5.14. The Labute approximate surface area is 129 Å². The van der Waals surface area contributed by atoms with Gasteiger partial charge in [0.25, 0.3) is 5.91 Å². The molecule has 4 N–H and O–H groups in total. The van der Waals surface area contributed by atoms with Crippen LogP contribution in [0, 0.1) is 0 Å². The van der Waals surface area contributed by atoms with Crippen molar-refractivity contribution in [1.29, 1.82) is 0 Å². The Kier molecular flexibility index (Phi) is 3.71. The molecule has 0 bridgehead atoms. The molecule has 22 heavy (non-hydrogen) atoms. The van der Waals surface area contributed by atoms with Crippen LogP contribution in [0.3, 0.4) is 0 Å². The number of para-hydroxylation sites is 1. The second-order valence-corrected chi connectivity index (χ2v) is 4.80. The lowest BCUT2D eigenvalue weighted by Gasteiger charge is -2.09. The lowest BCUT2D eigenvalue weighted by atomic mass is 10.3. The van der Waals surface area contributed by atoms with E-state index in [1.165, 1.54) is 12.3 Å². The lowest BCUT2D eigenvalue weighted by Crippen LogP contribution is -2.44. The Morgan fingerprint density at radius 1 is 1.14 bits per heavy atom. The number of carbonyl (C=O) groups is 2. The van der Waals surface area contributed by atoms with E-state index in [0.717, 1.165) is 0 Å². The summed E-state index contributed by atoms with van der Waals surface area (Å²) in [7, 11) is 0. The van der Waals surface area contributed by atoms with Crippen molar-refractivity contribution in [1.82, 2.24) is 15.8 Å². The number of urea groups is 1. The van der Waals surface area contributed by atoms with E-state index in [0.29, 0.717) is 21.8 Å². The molecule has 7 nitrogen and oxygen atoms in total. The highest BCUT2D eigenvalue weighted by molar-refractivity contribution is 6.33. The molecule has 0 spiro atoms. The van der Waals surface area contributed by atoms with Crippen molar-refractivity contribution >= 4 is 40.3 Å². The Morgan fingerprint density at radius 2 is 1.95 bits per heavy atom. The van der Waals surface area contributed by atoms with Crippen LogP contribution < -0.4 is 16.2 Å². The second kappa shape index (κ2) is 5.82. The molecule has 0 saturated carbocycles. The van der Waals surface area contributed by atoms with Crippen LogP contribution in [0.4, 0.5) is 10.5 Å². The molecule has 0 atom stereocenters. The van der Waals surface area contributed by atoms with E-state index in [-0.39, 0.29) is 5.69 Å². The van der Waals surface area contributed by atoms with Crippen LogP contribution in [0.5, 0.6) is 0 Å². The van der Waals surface area contributed by atoms with Crippen molar-refractivity contribution in [2.24, 2.45) is 0 Å². The second-order valence-electron chi connectivity index (χ2n) is 4.39. The van der Waals surface area contributed by atoms with Crippen molar-refractivity contribution in [3.63, 3.8) is 0 Å². The van der Waals surface area contributed by atoms with Crippen molar-refractivity contribution in [2.45, 2.75) is 0 Å². The third kappa shape index (κ3) is 2.89. The maximum Gasteiger partial charge on any atom is 0.337 e. The van der Waals surface area contributed by atoms with E-state index in [9.17, 15) is 9.59 Å². The van der Waals surface area contributed by atoms with Gasteiger partial charge in [-0.25, -0.2) is 10.2 Å². The number of anilines is 1. The minimum atomic E-state index is -0.614. The van der Waals surface area contributed by atoms with Crippen molar-refractivity contribution in [3.05, 3.63) is 53.4 Å². The summed E-state index contributed by atoms with van der Waals surface area (Å²) in [4.78, 5) is 26.4. The summed E-state index contributed by atoms with van der Waals surface area (Å²) in [5, 5.41) is 2.91. The predicted molar refractivity (Wildman–Crippen MR) is 81.6 cm³/mol. The fourth-order valence-corrected chi connectivity index (χ4v) is 2.05. The third-order valence-electron chi connectivity index (χ3n) is 2.90. The van der Waals surface area contributed by atoms with E-state index >= 15 is 0 Å². The number of fused-ring (bicyclic) bond motifs is 1. The minimum Gasteiger partial charge on any atom is -0.463 e. The smallest absolute Gasteiger partial charge is 0.337 e. The largest absolute Gasteiger partial charge is 0.463 e. The number of nitrogens with one attached hydrogen (secondary N) is 4. The van der Waals surface area contributed by atoms with Gasteiger partial charge in [-0.05, 0) is 12.1 Å². The molecule has 0 aliphatic rings. The van der Waals surface area contributed by atoms with E-state index in [1.54, 1.807) is 30.3 Å². The quantitative estimate of drug-likeness (QED) is 0.547. The molecule has 2 aromatic heterocycles. The Morgan fingerprint density at radius 3 is 2.73 bits per heavy atom. The van der Waals surface area contributed by atoms with E-state index in [4.69, 9.17) is 16.0 Å². The molecule has 0 saturated heterocycles. The molecule has 0 fully saturated rings. The summed E-state index contributed by atoms with van der Waals surface area (Å²) in [6, 6.07) is 9.38. The SMILES string of the molecule is O=C(NNC(=O)c1cc2occc2[nH]1)Nc1ccccc1Cl. The summed E-state index contributed by atoms with van der Waals surface area (Å²) in [6.07, 6.45) is 1.51. The lowest BCUT2D eigenvalue weighted by molar-refractivity contribution is 0.0933. The Balaban J connectivity index is 1.57. The summed E-state index contributed by atoms with van der Waals surface area (Å²) in [5.74, 6) is -0.499. The molecule has 0 unspecified atom stereocenters. The molecule has 0 aliphatic heterocycles. The number of hydrogen-bond acceptors (Lipinski definition) is 3. The third-order valence-corrected chi connectivity index (χ3v) is 3.23. The highest BCUT2D eigenvalue weighted by atomic mass is 35.5. The number of H-pyrrole nitrogens is 1. The molecule has 3 amide bonds. The first-order valence-corrected chi connectivity index (χ1v) is 6.69. The molecule has 3 aromatic rings. The van der Waals surface area contributed by atoms with Crippen LogP contribution in [0.1, 0.15) is 10.5 Å². The molecule has 1 aromatic carbocycles. The summed E-state index contributed by atoms with van der Waals surface area (Å²) in [6.45, 7) is 0. The normalized spacial score (nSPS) is 10.4. The summed E-state index contributed by atoms with van der Waals surface area (Å²) in [5.41, 5.74) is 6.48. The van der Waals surface area contributed by atoms with Crippen molar-refractivity contribution in [2.75, 3.05) is 5.32 Å². The molecule has 3 rings (SSSR count). The van der Waals surface area contributed by atoms with Crippen LogP contribution in [0.25, 0.3) is 11.1 Å². The molecule has 2 heterocycles. The van der Waals surface area contributed by atoms with Gasteiger partial charge in [-0.2, -0.15) is 0 Å². The zero-order chi connectivity index (χ0) is 15.5. The van der Waals surface area contributed by atoms with Gasteiger partial charge < -0.3 is 14.7 Å². The number of hydrazine groups is 1. The Hall–Kier alpha value is -2.93. The number of aromatic nitrogens is 1. The average Bonchev–Trinajstić information content (AvgIpc) is 3.08. The van der Waals surface area contributed by atoms with Gasteiger partial charge in [-0.3, -0.25) is 10.2 Å². The first kappa shape index (κ1) is 14.0.